The number of fused-ring (bicyclic) bond motifs is 1. The summed E-state index contributed by atoms with van der Waals surface area (Å²) in [6.07, 6.45) is 2.07. The van der Waals surface area contributed by atoms with E-state index in [0.717, 1.165) is 17.8 Å². The molecule has 1 atom stereocenters. The summed E-state index contributed by atoms with van der Waals surface area (Å²) < 4.78 is 15.1. The highest BCUT2D eigenvalue weighted by Gasteiger charge is 2.26. The van der Waals surface area contributed by atoms with Crippen LogP contribution in [0.3, 0.4) is 0 Å². The molecule has 3 N–H and O–H groups in total. The predicted octanol–water partition coefficient (Wildman–Crippen LogP) is 1.89. The minimum absolute atomic E-state index is 0.154. The van der Waals surface area contributed by atoms with Gasteiger partial charge in [-0.05, 0) is 25.5 Å². The van der Waals surface area contributed by atoms with Crippen LogP contribution in [0.2, 0.25) is 0 Å². The smallest absolute Gasteiger partial charge is 0.239 e. The van der Waals surface area contributed by atoms with Gasteiger partial charge in [0.2, 0.25) is 5.91 Å². The van der Waals surface area contributed by atoms with Crippen LogP contribution in [0.5, 0.6) is 0 Å². The highest BCUT2D eigenvalue weighted by atomic mass is 19.1. The van der Waals surface area contributed by atoms with Crippen molar-refractivity contribution in [2.24, 2.45) is 12.8 Å². The van der Waals surface area contributed by atoms with Crippen molar-refractivity contribution in [2.75, 3.05) is 6.54 Å². The molecule has 1 heterocycles. The predicted molar refractivity (Wildman–Crippen MR) is 84.9 cm³/mol. The highest BCUT2D eigenvalue weighted by Crippen LogP contribution is 2.16. The SMILES string of the molecule is CCCC(C)(N)C(=O)NCCc1nc2cc(F)ccc2n1C. The van der Waals surface area contributed by atoms with E-state index in [1.165, 1.54) is 12.1 Å². The number of hydrogen-bond donors (Lipinski definition) is 2. The number of carbonyl (C=O) groups is 1. The molecule has 0 aliphatic rings. The summed E-state index contributed by atoms with van der Waals surface area (Å²) in [7, 11) is 1.88. The Labute approximate surface area is 129 Å². The Kier molecular flexibility index (Phi) is 4.81. The third-order valence-electron chi connectivity index (χ3n) is 3.86. The molecule has 0 saturated heterocycles. The maximum atomic E-state index is 13.2. The van der Waals surface area contributed by atoms with Gasteiger partial charge >= 0.3 is 0 Å². The molecule has 22 heavy (non-hydrogen) atoms. The largest absolute Gasteiger partial charge is 0.354 e. The highest BCUT2D eigenvalue weighted by molar-refractivity contribution is 5.85. The second-order valence-electron chi connectivity index (χ2n) is 5.89. The van der Waals surface area contributed by atoms with Gasteiger partial charge in [0, 0.05) is 26.1 Å². The zero-order valence-corrected chi connectivity index (χ0v) is 13.3. The Balaban J connectivity index is 2.00. The van der Waals surface area contributed by atoms with Gasteiger partial charge in [-0.25, -0.2) is 9.37 Å². The van der Waals surface area contributed by atoms with Gasteiger partial charge < -0.3 is 15.6 Å². The second kappa shape index (κ2) is 6.44. The zero-order chi connectivity index (χ0) is 16.3. The van der Waals surface area contributed by atoms with Crippen LogP contribution < -0.4 is 11.1 Å². The molecule has 1 aromatic carbocycles. The first-order valence-corrected chi connectivity index (χ1v) is 7.53. The number of nitrogens with two attached hydrogens (primary N) is 1. The van der Waals surface area contributed by atoms with Crippen LogP contribution in [0.4, 0.5) is 4.39 Å². The van der Waals surface area contributed by atoms with E-state index >= 15 is 0 Å². The Morgan fingerprint density at radius 1 is 1.50 bits per heavy atom. The summed E-state index contributed by atoms with van der Waals surface area (Å²) in [5, 5.41) is 2.85. The van der Waals surface area contributed by atoms with Gasteiger partial charge in [-0.1, -0.05) is 13.3 Å². The van der Waals surface area contributed by atoms with Crippen molar-refractivity contribution in [1.29, 1.82) is 0 Å². The molecule has 0 fully saturated rings. The maximum absolute atomic E-state index is 13.2. The van der Waals surface area contributed by atoms with Crippen LogP contribution >= 0.6 is 0 Å². The van der Waals surface area contributed by atoms with Crippen molar-refractivity contribution in [3.05, 3.63) is 29.8 Å². The van der Waals surface area contributed by atoms with Crippen molar-refractivity contribution in [2.45, 2.75) is 38.6 Å². The molecule has 2 aromatic rings. The molecule has 1 unspecified atom stereocenters. The Bertz CT molecular complexity index is 678. The lowest BCUT2D eigenvalue weighted by molar-refractivity contribution is -0.126. The zero-order valence-electron chi connectivity index (χ0n) is 13.3. The molecular weight excluding hydrogens is 283 g/mol. The fourth-order valence-corrected chi connectivity index (χ4v) is 2.57. The minimum Gasteiger partial charge on any atom is -0.354 e. The number of aromatic nitrogens is 2. The van der Waals surface area contributed by atoms with E-state index in [4.69, 9.17) is 5.73 Å². The number of hydrogen-bond acceptors (Lipinski definition) is 3. The number of imidazole rings is 1. The number of amides is 1. The van der Waals surface area contributed by atoms with E-state index < -0.39 is 5.54 Å². The number of rotatable bonds is 6. The number of nitrogens with one attached hydrogen (secondary N) is 1. The molecule has 120 valence electrons. The average Bonchev–Trinajstić information content (AvgIpc) is 2.74. The average molecular weight is 306 g/mol. The number of halogens is 1. The van der Waals surface area contributed by atoms with Crippen molar-refractivity contribution < 1.29 is 9.18 Å². The van der Waals surface area contributed by atoms with Crippen molar-refractivity contribution >= 4 is 16.9 Å². The first kappa shape index (κ1) is 16.4. The Hall–Kier alpha value is -1.95. The number of aryl methyl sites for hydroxylation is 1. The van der Waals surface area contributed by atoms with Crippen LogP contribution in [0, 0.1) is 5.82 Å². The molecule has 0 aliphatic heterocycles. The van der Waals surface area contributed by atoms with Crippen molar-refractivity contribution in [3.63, 3.8) is 0 Å². The summed E-state index contributed by atoms with van der Waals surface area (Å²) in [6, 6.07) is 4.54. The summed E-state index contributed by atoms with van der Waals surface area (Å²) in [6.45, 7) is 4.19. The molecule has 1 aromatic heterocycles. The Morgan fingerprint density at radius 2 is 2.23 bits per heavy atom. The molecule has 0 saturated carbocycles. The molecule has 5 nitrogen and oxygen atoms in total. The van der Waals surface area contributed by atoms with Gasteiger partial charge in [0.15, 0.2) is 0 Å². The van der Waals surface area contributed by atoms with Crippen LogP contribution in [-0.2, 0) is 18.3 Å². The second-order valence-corrected chi connectivity index (χ2v) is 5.89. The fraction of sp³-hybridized carbons (Fsp3) is 0.500. The lowest BCUT2D eigenvalue weighted by Crippen LogP contribution is -2.51. The van der Waals surface area contributed by atoms with E-state index in [-0.39, 0.29) is 11.7 Å². The number of carbonyl (C=O) groups excluding carboxylic acids is 1. The lowest BCUT2D eigenvalue weighted by Gasteiger charge is -2.22. The molecule has 0 spiro atoms. The molecule has 0 aliphatic carbocycles. The monoisotopic (exact) mass is 306 g/mol. The standard InChI is InChI=1S/C16H23FN4O/c1-4-8-16(2,18)15(22)19-9-7-14-20-12-10-11(17)5-6-13(12)21(14)3/h5-6,10H,4,7-9,18H2,1-3H3,(H,19,22). The normalized spacial score (nSPS) is 14.0. The molecular formula is C16H23FN4O. The molecule has 0 bridgehead atoms. The topological polar surface area (TPSA) is 72.9 Å². The summed E-state index contributed by atoms with van der Waals surface area (Å²) in [4.78, 5) is 16.4. The quantitative estimate of drug-likeness (QED) is 0.856. The minimum atomic E-state index is -0.843. The summed E-state index contributed by atoms with van der Waals surface area (Å²) >= 11 is 0. The van der Waals surface area contributed by atoms with Crippen LogP contribution in [0.25, 0.3) is 11.0 Å². The van der Waals surface area contributed by atoms with Crippen LogP contribution in [0.1, 0.15) is 32.5 Å². The molecule has 2 rings (SSSR count). The van der Waals surface area contributed by atoms with E-state index in [2.05, 4.69) is 10.3 Å². The van der Waals surface area contributed by atoms with Crippen molar-refractivity contribution in [1.82, 2.24) is 14.9 Å². The van der Waals surface area contributed by atoms with Gasteiger partial charge in [-0.2, -0.15) is 0 Å². The summed E-state index contributed by atoms with van der Waals surface area (Å²) in [5.74, 6) is 0.346. The maximum Gasteiger partial charge on any atom is 0.239 e. The number of benzene rings is 1. The van der Waals surface area contributed by atoms with Gasteiger partial charge in [0.05, 0.1) is 16.6 Å². The lowest BCUT2D eigenvalue weighted by atomic mass is 9.96. The third-order valence-corrected chi connectivity index (χ3v) is 3.86. The van der Waals surface area contributed by atoms with Gasteiger partial charge in [-0.3, -0.25) is 4.79 Å². The molecule has 6 heteroatoms. The number of nitrogens with zero attached hydrogens (tertiary/aromatic N) is 2. The van der Waals surface area contributed by atoms with Gasteiger partial charge in [0.25, 0.3) is 0 Å². The first-order chi connectivity index (χ1) is 10.3. The van der Waals surface area contributed by atoms with E-state index in [0.29, 0.717) is 24.9 Å². The van der Waals surface area contributed by atoms with E-state index in [1.54, 1.807) is 13.0 Å². The molecule has 1 amide bonds. The summed E-state index contributed by atoms with van der Waals surface area (Å²) in [5.41, 5.74) is 6.64. The van der Waals surface area contributed by atoms with Crippen LogP contribution in [0.15, 0.2) is 18.2 Å². The molecule has 0 radical (unpaired) electrons. The Morgan fingerprint density at radius 3 is 2.91 bits per heavy atom. The third kappa shape index (κ3) is 3.44. The van der Waals surface area contributed by atoms with E-state index in [1.807, 2.05) is 18.5 Å². The van der Waals surface area contributed by atoms with Crippen LogP contribution in [-0.4, -0.2) is 27.5 Å². The first-order valence-electron chi connectivity index (χ1n) is 7.53. The van der Waals surface area contributed by atoms with Crippen molar-refractivity contribution in [3.8, 4) is 0 Å². The fourth-order valence-electron chi connectivity index (χ4n) is 2.57. The van der Waals surface area contributed by atoms with E-state index in [9.17, 15) is 9.18 Å². The van der Waals surface area contributed by atoms with Gasteiger partial charge in [0.1, 0.15) is 11.6 Å². The van der Waals surface area contributed by atoms with Gasteiger partial charge in [-0.15, -0.1) is 0 Å².